The lowest BCUT2D eigenvalue weighted by atomic mass is 10.1. The van der Waals surface area contributed by atoms with Gasteiger partial charge in [-0.2, -0.15) is 0 Å². The van der Waals surface area contributed by atoms with Gasteiger partial charge >= 0.3 is 0 Å². The third kappa shape index (κ3) is 3.65. The Bertz CT molecular complexity index is 413. The molecule has 4 heteroatoms. The number of benzene rings is 1. The van der Waals surface area contributed by atoms with Crippen LogP contribution in [0.1, 0.15) is 38.7 Å². The van der Waals surface area contributed by atoms with Crippen LogP contribution in [-0.2, 0) is 11.2 Å². The molecular weight excluding hydrogens is 232 g/mol. The number of carbonyl (C=O) groups excluding carboxylic acids is 1. The minimum Gasteiger partial charge on any atom is -0.504 e. The molecule has 1 aromatic carbocycles. The molecule has 0 atom stereocenters. The number of carbonyl (C=O) groups is 1. The molecule has 100 valence electrons. The van der Waals surface area contributed by atoms with Crippen LogP contribution >= 0.6 is 0 Å². The van der Waals surface area contributed by atoms with Gasteiger partial charge in [0.25, 0.3) is 0 Å². The number of Topliss-reactive ketones (excluding diaryl/α,β-unsaturated/α-hetero) is 1. The van der Waals surface area contributed by atoms with E-state index in [1.165, 1.54) is 0 Å². The summed E-state index contributed by atoms with van der Waals surface area (Å²) in [5, 5.41) is 19.6. The van der Waals surface area contributed by atoms with Crippen LogP contribution in [0.25, 0.3) is 0 Å². The highest BCUT2D eigenvalue weighted by Gasteiger charge is 2.14. The van der Waals surface area contributed by atoms with E-state index in [0.717, 1.165) is 12.8 Å². The molecule has 4 nitrogen and oxygen atoms in total. The van der Waals surface area contributed by atoms with Crippen LogP contribution in [0.15, 0.2) is 12.1 Å². The summed E-state index contributed by atoms with van der Waals surface area (Å²) in [4.78, 5) is 11.3. The fraction of sp³-hybridized carbons (Fsp3) is 0.500. The third-order valence-electron chi connectivity index (χ3n) is 2.74. The number of phenols is 2. The number of hydrogen-bond donors (Lipinski definition) is 2. The summed E-state index contributed by atoms with van der Waals surface area (Å²) in [6, 6.07) is 3.20. The van der Waals surface area contributed by atoms with Crippen molar-refractivity contribution in [2.24, 2.45) is 0 Å². The first-order valence-corrected chi connectivity index (χ1v) is 6.28. The SMILES string of the molecule is CCCCOc1ccc(CC(=O)CC)c(O)c1O. The second-order valence-corrected chi connectivity index (χ2v) is 4.19. The minimum atomic E-state index is -0.285. The average molecular weight is 252 g/mol. The Morgan fingerprint density at radius 3 is 2.56 bits per heavy atom. The molecule has 0 fully saturated rings. The lowest BCUT2D eigenvalue weighted by Crippen LogP contribution is -2.02. The van der Waals surface area contributed by atoms with E-state index < -0.39 is 0 Å². The second-order valence-electron chi connectivity index (χ2n) is 4.19. The van der Waals surface area contributed by atoms with Crippen molar-refractivity contribution >= 4 is 5.78 Å². The predicted octanol–water partition coefficient (Wildman–Crippen LogP) is 2.80. The summed E-state index contributed by atoms with van der Waals surface area (Å²) in [5.74, 6) is -0.267. The molecule has 0 saturated heterocycles. The lowest BCUT2D eigenvalue weighted by Gasteiger charge is -2.11. The van der Waals surface area contributed by atoms with Crippen LogP contribution in [0, 0.1) is 0 Å². The molecule has 1 rings (SSSR count). The predicted molar refractivity (Wildman–Crippen MR) is 69.2 cm³/mol. The lowest BCUT2D eigenvalue weighted by molar-refractivity contribution is -0.118. The van der Waals surface area contributed by atoms with Gasteiger partial charge < -0.3 is 14.9 Å². The molecular formula is C14H20O4. The Hall–Kier alpha value is -1.71. The molecule has 0 aliphatic rings. The van der Waals surface area contributed by atoms with Gasteiger partial charge in [-0.25, -0.2) is 0 Å². The van der Waals surface area contributed by atoms with E-state index in [-0.39, 0.29) is 29.5 Å². The van der Waals surface area contributed by atoms with Gasteiger partial charge in [0, 0.05) is 18.4 Å². The van der Waals surface area contributed by atoms with Crippen molar-refractivity contribution < 1.29 is 19.7 Å². The molecule has 0 bridgehead atoms. The van der Waals surface area contributed by atoms with E-state index in [1.807, 2.05) is 6.92 Å². The van der Waals surface area contributed by atoms with Crippen molar-refractivity contribution in [2.45, 2.75) is 39.5 Å². The summed E-state index contributed by atoms with van der Waals surface area (Å²) in [7, 11) is 0. The van der Waals surface area contributed by atoms with Crippen LogP contribution in [0.2, 0.25) is 0 Å². The molecule has 18 heavy (non-hydrogen) atoms. The maximum atomic E-state index is 11.3. The maximum absolute atomic E-state index is 11.3. The molecule has 0 spiro atoms. The van der Waals surface area contributed by atoms with E-state index in [4.69, 9.17) is 4.74 Å². The number of ether oxygens (including phenoxy) is 1. The quantitative estimate of drug-likeness (QED) is 0.578. The Morgan fingerprint density at radius 2 is 1.94 bits per heavy atom. The van der Waals surface area contributed by atoms with Crippen LogP contribution < -0.4 is 4.74 Å². The first kappa shape index (κ1) is 14.4. The Labute approximate surface area is 107 Å². The van der Waals surface area contributed by atoms with Gasteiger partial charge in [-0.15, -0.1) is 0 Å². The largest absolute Gasteiger partial charge is 0.504 e. The van der Waals surface area contributed by atoms with Gasteiger partial charge in [0.05, 0.1) is 6.61 Å². The van der Waals surface area contributed by atoms with Gasteiger partial charge in [0.1, 0.15) is 5.78 Å². The summed E-state index contributed by atoms with van der Waals surface area (Å²) in [6.45, 7) is 4.30. The molecule has 0 aliphatic heterocycles. The van der Waals surface area contributed by atoms with Crippen LogP contribution in [0.4, 0.5) is 0 Å². The highest BCUT2D eigenvalue weighted by molar-refractivity contribution is 5.81. The summed E-state index contributed by atoms with van der Waals surface area (Å²) < 4.78 is 5.35. The first-order valence-electron chi connectivity index (χ1n) is 6.28. The van der Waals surface area contributed by atoms with Gasteiger partial charge in [0.2, 0.25) is 5.75 Å². The van der Waals surface area contributed by atoms with Crippen molar-refractivity contribution in [3.05, 3.63) is 17.7 Å². The molecule has 0 unspecified atom stereocenters. The van der Waals surface area contributed by atoms with Gasteiger partial charge in [0.15, 0.2) is 11.5 Å². The summed E-state index contributed by atoms with van der Waals surface area (Å²) in [5.41, 5.74) is 0.433. The van der Waals surface area contributed by atoms with Crippen molar-refractivity contribution in [2.75, 3.05) is 6.61 Å². The standard InChI is InChI=1S/C14H20O4/c1-3-5-8-18-12-7-6-10(9-11(15)4-2)13(16)14(12)17/h6-7,16-17H,3-5,8-9H2,1-2H3. The van der Waals surface area contributed by atoms with Gasteiger partial charge in [-0.05, 0) is 12.5 Å². The van der Waals surface area contributed by atoms with E-state index in [1.54, 1.807) is 19.1 Å². The Morgan fingerprint density at radius 1 is 1.22 bits per heavy atom. The monoisotopic (exact) mass is 252 g/mol. The van der Waals surface area contributed by atoms with Crippen molar-refractivity contribution in [1.82, 2.24) is 0 Å². The fourth-order valence-electron chi connectivity index (χ4n) is 1.53. The molecule has 1 aromatic rings. The molecule has 0 saturated carbocycles. The maximum Gasteiger partial charge on any atom is 0.200 e. The van der Waals surface area contributed by atoms with Crippen molar-refractivity contribution in [3.8, 4) is 17.2 Å². The molecule has 0 heterocycles. The minimum absolute atomic E-state index is 0.0179. The highest BCUT2D eigenvalue weighted by Crippen LogP contribution is 2.38. The zero-order valence-corrected chi connectivity index (χ0v) is 10.9. The van der Waals surface area contributed by atoms with Crippen LogP contribution in [0.3, 0.4) is 0 Å². The topological polar surface area (TPSA) is 66.8 Å². The van der Waals surface area contributed by atoms with E-state index in [2.05, 4.69) is 0 Å². The Kier molecular flexibility index (Phi) is 5.49. The zero-order valence-electron chi connectivity index (χ0n) is 10.9. The van der Waals surface area contributed by atoms with Gasteiger partial charge in [-0.1, -0.05) is 26.3 Å². The van der Waals surface area contributed by atoms with E-state index in [9.17, 15) is 15.0 Å². The van der Waals surface area contributed by atoms with Crippen LogP contribution in [0.5, 0.6) is 17.2 Å². The molecule has 0 radical (unpaired) electrons. The number of ketones is 1. The third-order valence-corrected chi connectivity index (χ3v) is 2.74. The molecule has 0 amide bonds. The number of phenolic OH excluding ortho intramolecular Hbond substituents is 2. The van der Waals surface area contributed by atoms with Gasteiger partial charge in [-0.3, -0.25) is 4.79 Å². The number of unbranched alkanes of at least 4 members (excludes halogenated alkanes) is 1. The van der Waals surface area contributed by atoms with E-state index >= 15 is 0 Å². The number of hydrogen-bond acceptors (Lipinski definition) is 4. The smallest absolute Gasteiger partial charge is 0.200 e. The normalized spacial score (nSPS) is 10.3. The molecule has 0 aromatic heterocycles. The summed E-state index contributed by atoms with van der Waals surface area (Å²) in [6.07, 6.45) is 2.42. The average Bonchev–Trinajstić information content (AvgIpc) is 2.37. The van der Waals surface area contributed by atoms with Crippen LogP contribution in [-0.4, -0.2) is 22.6 Å². The highest BCUT2D eigenvalue weighted by atomic mass is 16.5. The first-order chi connectivity index (χ1) is 8.60. The summed E-state index contributed by atoms with van der Waals surface area (Å²) >= 11 is 0. The van der Waals surface area contributed by atoms with Crippen molar-refractivity contribution in [1.29, 1.82) is 0 Å². The second kappa shape index (κ2) is 6.89. The molecule has 2 N–H and O–H groups in total. The van der Waals surface area contributed by atoms with Crippen molar-refractivity contribution in [3.63, 3.8) is 0 Å². The zero-order chi connectivity index (χ0) is 13.5. The van der Waals surface area contributed by atoms with E-state index in [0.29, 0.717) is 18.6 Å². The molecule has 0 aliphatic carbocycles. The number of rotatable bonds is 7. The Balaban J connectivity index is 2.80. The fourth-order valence-corrected chi connectivity index (χ4v) is 1.53. The number of aromatic hydroxyl groups is 2.